The Morgan fingerprint density at radius 3 is 2.58 bits per heavy atom. The van der Waals surface area contributed by atoms with E-state index in [1.54, 1.807) is 39.0 Å². The molecule has 0 unspecified atom stereocenters. The molecule has 1 N–H and O–H groups in total. The Hall–Kier alpha value is -2.64. The first kappa shape index (κ1) is 17.7. The monoisotopic (exact) mass is 335 g/mol. The van der Waals surface area contributed by atoms with E-state index in [0.717, 1.165) is 5.56 Å². The van der Waals surface area contributed by atoms with Crippen molar-refractivity contribution in [2.24, 2.45) is 0 Å². The minimum Gasteiger partial charge on any atom is -0.444 e. The van der Waals surface area contributed by atoms with Crippen molar-refractivity contribution in [1.29, 1.82) is 0 Å². The van der Waals surface area contributed by atoms with Crippen molar-refractivity contribution in [2.75, 3.05) is 18.5 Å². The van der Waals surface area contributed by atoms with Gasteiger partial charge in [0.05, 0.1) is 0 Å². The first-order chi connectivity index (χ1) is 11.0. The quantitative estimate of drug-likeness (QED) is 0.672. The molecule has 0 spiro atoms. The van der Waals surface area contributed by atoms with E-state index >= 15 is 0 Å². The van der Waals surface area contributed by atoms with E-state index in [1.165, 1.54) is 11.9 Å². The third kappa shape index (κ3) is 3.17. The summed E-state index contributed by atoms with van der Waals surface area (Å²) in [6.45, 7) is 6.08. The third-order valence-corrected chi connectivity index (χ3v) is 3.72. The smallest absolute Gasteiger partial charge is 0.408 e. The molecule has 2 amide bonds. The van der Waals surface area contributed by atoms with Gasteiger partial charge < -0.3 is 9.64 Å². The number of amides is 2. The van der Waals surface area contributed by atoms with Crippen molar-refractivity contribution in [1.82, 2.24) is 5.32 Å². The summed E-state index contributed by atoms with van der Waals surface area (Å²) in [7, 11) is 1.52. The first-order valence-corrected chi connectivity index (χ1v) is 7.48. The lowest BCUT2D eigenvalue weighted by Gasteiger charge is -2.28. The van der Waals surface area contributed by atoms with Crippen LogP contribution < -0.4 is 10.2 Å². The van der Waals surface area contributed by atoms with Gasteiger partial charge in [0.25, 0.3) is 5.91 Å². The topological polar surface area (TPSA) is 102 Å². The summed E-state index contributed by atoms with van der Waals surface area (Å²) in [5.41, 5.74) is -0.804. The predicted molar refractivity (Wildman–Crippen MR) is 87.5 cm³/mol. The molecule has 8 heteroatoms. The van der Waals surface area contributed by atoms with Crippen LogP contribution in [0.3, 0.4) is 0 Å². The molecule has 8 nitrogen and oxygen atoms in total. The van der Waals surface area contributed by atoms with Gasteiger partial charge in [-0.05, 0) is 33.8 Å². The van der Waals surface area contributed by atoms with E-state index in [1.807, 2.05) is 6.92 Å². The van der Waals surface area contributed by atoms with E-state index in [0.29, 0.717) is 11.3 Å². The van der Waals surface area contributed by atoms with Crippen LogP contribution in [0.2, 0.25) is 0 Å². The van der Waals surface area contributed by atoms with Crippen LogP contribution >= 0.6 is 0 Å². The minimum atomic E-state index is -1.78. The molecule has 2 rings (SSSR count). The summed E-state index contributed by atoms with van der Waals surface area (Å²) in [5.74, 6) is -0.564. The van der Waals surface area contributed by atoms with Gasteiger partial charge in [-0.2, -0.15) is 0 Å². The number of nitro groups is 1. The molecule has 0 saturated heterocycles. The van der Waals surface area contributed by atoms with Crippen LogP contribution in [0.5, 0.6) is 0 Å². The zero-order chi connectivity index (χ0) is 18.3. The number of alkyl carbamates (subject to hydrolysis) is 1. The molecule has 0 radical (unpaired) electrons. The van der Waals surface area contributed by atoms with Crippen LogP contribution in [0.15, 0.2) is 18.2 Å². The van der Waals surface area contributed by atoms with E-state index in [-0.39, 0.29) is 0 Å². The number of hydrogen-bond donors (Lipinski definition) is 1. The Balaban J connectivity index is 2.52. The van der Waals surface area contributed by atoms with Gasteiger partial charge in [0.15, 0.2) is 0 Å². The van der Waals surface area contributed by atoms with E-state index in [2.05, 4.69) is 5.32 Å². The molecule has 0 fully saturated rings. The number of aryl methyl sites for hydroxylation is 1. The number of likely N-dealkylation sites (N-methyl/N-ethyl adjacent to an activating group) is 1. The number of ether oxygens (including phenoxy) is 1. The lowest BCUT2D eigenvalue weighted by atomic mass is 9.90. The Morgan fingerprint density at radius 2 is 2.04 bits per heavy atom. The van der Waals surface area contributed by atoms with E-state index in [9.17, 15) is 19.7 Å². The van der Waals surface area contributed by atoms with E-state index in [4.69, 9.17) is 4.74 Å². The van der Waals surface area contributed by atoms with Crippen LogP contribution in [0.1, 0.15) is 31.9 Å². The van der Waals surface area contributed by atoms with Crippen molar-refractivity contribution in [3.63, 3.8) is 0 Å². The maximum atomic E-state index is 12.8. The van der Waals surface area contributed by atoms with Crippen molar-refractivity contribution in [3.8, 4) is 0 Å². The Bertz CT molecular complexity index is 710. The average molecular weight is 335 g/mol. The average Bonchev–Trinajstić information content (AvgIpc) is 2.58. The molecule has 0 aliphatic carbocycles. The molecule has 1 aliphatic rings. The zero-order valence-electron chi connectivity index (χ0n) is 14.4. The lowest BCUT2D eigenvalue weighted by Crippen LogP contribution is -2.57. The number of nitrogens with one attached hydrogen (secondary N) is 1. The van der Waals surface area contributed by atoms with Gasteiger partial charge in [-0.15, -0.1) is 0 Å². The fraction of sp³-hybridized carbons (Fsp3) is 0.500. The van der Waals surface area contributed by atoms with Crippen molar-refractivity contribution < 1.29 is 19.2 Å². The van der Waals surface area contributed by atoms with Crippen LogP contribution in [0.25, 0.3) is 0 Å². The molecule has 0 bridgehead atoms. The standard InChI is InChI=1S/C16H21N3O5/c1-10-6-7-12-11(8-10)16(9-19(22)23,13(20)18(12)5)17-14(21)24-15(2,3)4/h6-8H,9H2,1-5H3,(H,17,21)/t16-/m1/s1. The van der Waals surface area contributed by atoms with Crippen molar-refractivity contribution in [2.45, 2.75) is 38.8 Å². The predicted octanol–water partition coefficient (Wildman–Crippen LogP) is 1.97. The summed E-state index contributed by atoms with van der Waals surface area (Å²) in [4.78, 5) is 36.9. The molecular formula is C16H21N3O5. The summed E-state index contributed by atoms with van der Waals surface area (Å²) in [6, 6.07) is 5.19. The van der Waals surface area contributed by atoms with Gasteiger partial charge in [0.1, 0.15) is 5.60 Å². The number of carbonyl (C=O) groups excluding carboxylic acids is 2. The Morgan fingerprint density at radius 1 is 1.42 bits per heavy atom. The molecule has 1 aromatic rings. The Kier molecular flexibility index (Phi) is 4.26. The van der Waals surface area contributed by atoms with Crippen LogP contribution in [0.4, 0.5) is 10.5 Å². The van der Waals surface area contributed by atoms with Crippen molar-refractivity contribution in [3.05, 3.63) is 39.4 Å². The second-order valence-corrected chi connectivity index (χ2v) is 6.91. The molecule has 130 valence electrons. The maximum Gasteiger partial charge on any atom is 0.408 e. The molecule has 0 saturated carbocycles. The summed E-state index contributed by atoms with van der Waals surface area (Å²) >= 11 is 0. The SMILES string of the molecule is Cc1ccc2c(c1)[C@@](C[N+](=O)[O-])(NC(=O)OC(C)(C)C)C(=O)N2C. The van der Waals surface area contributed by atoms with Gasteiger partial charge in [-0.25, -0.2) is 4.79 Å². The van der Waals surface area contributed by atoms with Gasteiger partial charge in [-0.3, -0.25) is 20.2 Å². The maximum absolute atomic E-state index is 12.8. The summed E-state index contributed by atoms with van der Waals surface area (Å²) in [5, 5.41) is 13.7. The second-order valence-electron chi connectivity index (χ2n) is 6.91. The number of rotatable bonds is 3. The Labute approximate surface area is 139 Å². The van der Waals surface area contributed by atoms with Gasteiger partial charge in [0.2, 0.25) is 12.1 Å². The van der Waals surface area contributed by atoms with E-state index < -0.39 is 34.6 Å². The van der Waals surface area contributed by atoms with Gasteiger partial charge >= 0.3 is 6.09 Å². The minimum absolute atomic E-state index is 0.401. The third-order valence-electron chi connectivity index (χ3n) is 3.72. The highest BCUT2D eigenvalue weighted by Gasteiger charge is 2.55. The number of fused-ring (bicyclic) bond motifs is 1. The highest BCUT2D eigenvalue weighted by atomic mass is 16.6. The number of hydrogen-bond acceptors (Lipinski definition) is 5. The molecule has 1 aromatic carbocycles. The largest absolute Gasteiger partial charge is 0.444 e. The molecule has 1 aliphatic heterocycles. The number of nitrogens with zero attached hydrogens (tertiary/aromatic N) is 2. The molecule has 1 atom stereocenters. The molecule has 1 heterocycles. The number of benzene rings is 1. The molecule has 0 aromatic heterocycles. The normalized spacial score (nSPS) is 19.9. The number of anilines is 1. The van der Waals surface area contributed by atoms with Gasteiger partial charge in [0, 0.05) is 23.2 Å². The van der Waals surface area contributed by atoms with Crippen LogP contribution in [-0.4, -0.2) is 36.1 Å². The highest BCUT2D eigenvalue weighted by molar-refractivity contribution is 6.09. The van der Waals surface area contributed by atoms with Crippen LogP contribution in [-0.2, 0) is 15.1 Å². The number of carbonyl (C=O) groups is 2. The second kappa shape index (κ2) is 5.77. The lowest BCUT2D eigenvalue weighted by molar-refractivity contribution is -0.488. The zero-order valence-corrected chi connectivity index (χ0v) is 14.4. The highest BCUT2D eigenvalue weighted by Crippen LogP contribution is 2.40. The van der Waals surface area contributed by atoms with Crippen molar-refractivity contribution >= 4 is 17.7 Å². The molecular weight excluding hydrogens is 314 g/mol. The van der Waals surface area contributed by atoms with Gasteiger partial charge in [-0.1, -0.05) is 17.7 Å². The summed E-state index contributed by atoms with van der Waals surface area (Å²) < 4.78 is 5.19. The first-order valence-electron chi connectivity index (χ1n) is 7.48. The summed E-state index contributed by atoms with van der Waals surface area (Å²) in [6.07, 6.45) is -0.875. The fourth-order valence-electron chi connectivity index (χ4n) is 2.78. The van der Waals surface area contributed by atoms with Crippen LogP contribution in [0, 0.1) is 17.0 Å². The molecule has 24 heavy (non-hydrogen) atoms. The fourth-order valence-corrected chi connectivity index (χ4v) is 2.78.